The monoisotopic (exact) mass is 277 g/mol. The maximum atomic E-state index is 3.71. The minimum atomic E-state index is 0.662. The summed E-state index contributed by atoms with van der Waals surface area (Å²) >= 11 is 2.07. The van der Waals surface area contributed by atoms with E-state index in [1.807, 2.05) is 0 Å². The number of hydrogen-bond donors (Lipinski definition) is 1. The zero-order valence-corrected chi connectivity index (χ0v) is 13.5. The Morgan fingerprint density at radius 3 is 2.47 bits per heavy atom. The van der Waals surface area contributed by atoms with Crippen LogP contribution in [0.1, 0.15) is 39.2 Å². The fourth-order valence-electron chi connectivity index (χ4n) is 3.26. The first-order valence-electron chi connectivity index (χ1n) is 7.56. The van der Waals surface area contributed by atoms with Crippen molar-refractivity contribution in [2.75, 3.05) is 6.54 Å². The number of rotatable bonds is 4. The van der Waals surface area contributed by atoms with E-state index in [0.29, 0.717) is 11.3 Å². The second-order valence-electron chi connectivity index (χ2n) is 6.11. The number of hydrogen-bond acceptors (Lipinski definition) is 2. The van der Waals surface area contributed by atoms with Crippen LogP contribution in [-0.2, 0) is 0 Å². The van der Waals surface area contributed by atoms with Gasteiger partial charge in [0.2, 0.25) is 0 Å². The number of nitrogens with one attached hydrogen (secondary N) is 1. The Morgan fingerprint density at radius 1 is 1.16 bits per heavy atom. The number of thioether (sulfide) groups is 1. The van der Waals surface area contributed by atoms with Gasteiger partial charge in [-0.2, -0.15) is 0 Å². The molecule has 0 aromatic heterocycles. The van der Waals surface area contributed by atoms with Crippen molar-refractivity contribution in [3.63, 3.8) is 0 Å². The molecule has 0 amide bonds. The molecule has 0 spiro atoms. The Labute approximate surface area is 122 Å². The summed E-state index contributed by atoms with van der Waals surface area (Å²) in [5.74, 6) is 1.65. The van der Waals surface area contributed by atoms with Crippen LogP contribution in [0.4, 0.5) is 0 Å². The van der Waals surface area contributed by atoms with Gasteiger partial charge in [0.05, 0.1) is 0 Å². The van der Waals surface area contributed by atoms with E-state index in [-0.39, 0.29) is 0 Å². The quantitative estimate of drug-likeness (QED) is 0.869. The Kier molecular flexibility index (Phi) is 5.35. The topological polar surface area (TPSA) is 12.0 Å². The molecule has 2 heteroatoms. The largest absolute Gasteiger partial charge is 0.313 e. The molecule has 1 N–H and O–H groups in total. The van der Waals surface area contributed by atoms with E-state index in [0.717, 1.165) is 18.4 Å². The summed E-state index contributed by atoms with van der Waals surface area (Å²) in [5.41, 5.74) is 1.35. The lowest BCUT2D eigenvalue weighted by Crippen LogP contribution is -2.46. The van der Waals surface area contributed by atoms with Gasteiger partial charge < -0.3 is 5.32 Å². The zero-order valence-electron chi connectivity index (χ0n) is 12.6. The van der Waals surface area contributed by atoms with Crippen LogP contribution in [0.5, 0.6) is 0 Å². The number of benzene rings is 1. The first kappa shape index (κ1) is 14.9. The summed E-state index contributed by atoms with van der Waals surface area (Å²) in [7, 11) is 0. The van der Waals surface area contributed by atoms with Gasteiger partial charge in [-0.1, -0.05) is 38.5 Å². The van der Waals surface area contributed by atoms with Crippen molar-refractivity contribution in [1.29, 1.82) is 0 Å². The van der Waals surface area contributed by atoms with Crippen molar-refractivity contribution in [2.45, 2.75) is 56.7 Å². The molecule has 0 radical (unpaired) electrons. The SMILES string of the molecule is CCNC1CC(C)CC(C)C1Sc1ccc(C)cc1. The maximum absolute atomic E-state index is 3.71. The van der Waals surface area contributed by atoms with E-state index in [1.165, 1.54) is 23.3 Å². The summed E-state index contributed by atoms with van der Waals surface area (Å²) in [4.78, 5) is 1.42. The Morgan fingerprint density at radius 2 is 1.84 bits per heavy atom. The summed E-state index contributed by atoms with van der Waals surface area (Å²) in [6.07, 6.45) is 2.69. The van der Waals surface area contributed by atoms with Crippen molar-refractivity contribution in [2.24, 2.45) is 11.8 Å². The van der Waals surface area contributed by atoms with Gasteiger partial charge in [-0.3, -0.25) is 0 Å². The second-order valence-corrected chi connectivity index (χ2v) is 7.36. The van der Waals surface area contributed by atoms with Crippen LogP contribution in [0, 0.1) is 18.8 Å². The molecule has 1 saturated carbocycles. The summed E-state index contributed by atoms with van der Waals surface area (Å²) in [5, 5.41) is 4.41. The molecule has 0 heterocycles. The third-order valence-corrected chi connectivity index (χ3v) is 5.76. The van der Waals surface area contributed by atoms with Gasteiger partial charge in [-0.15, -0.1) is 11.8 Å². The Balaban J connectivity index is 2.08. The van der Waals surface area contributed by atoms with Gasteiger partial charge in [0.25, 0.3) is 0 Å². The highest BCUT2D eigenvalue weighted by Crippen LogP contribution is 2.39. The summed E-state index contributed by atoms with van der Waals surface area (Å²) in [6.45, 7) is 10.3. The van der Waals surface area contributed by atoms with Crippen LogP contribution in [0.3, 0.4) is 0 Å². The van der Waals surface area contributed by atoms with E-state index in [2.05, 4.69) is 69.0 Å². The van der Waals surface area contributed by atoms with Crippen molar-refractivity contribution in [3.05, 3.63) is 29.8 Å². The average molecular weight is 277 g/mol. The standard InChI is InChI=1S/C17H27NS/c1-5-18-16-11-13(3)10-14(4)17(16)19-15-8-6-12(2)7-9-15/h6-9,13-14,16-18H,5,10-11H2,1-4H3. The van der Waals surface area contributed by atoms with E-state index < -0.39 is 0 Å². The minimum absolute atomic E-state index is 0.662. The maximum Gasteiger partial charge on any atom is 0.0274 e. The molecule has 2 rings (SSSR count). The lowest BCUT2D eigenvalue weighted by atomic mass is 9.80. The molecule has 4 unspecified atom stereocenters. The van der Waals surface area contributed by atoms with Crippen LogP contribution < -0.4 is 5.32 Å². The molecular weight excluding hydrogens is 250 g/mol. The minimum Gasteiger partial charge on any atom is -0.313 e. The van der Waals surface area contributed by atoms with Crippen molar-refractivity contribution in [1.82, 2.24) is 5.32 Å². The second kappa shape index (κ2) is 6.81. The van der Waals surface area contributed by atoms with Gasteiger partial charge >= 0.3 is 0 Å². The molecule has 1 aromatic carbocycles. The molecule has 106 valence electrons. The lowest BCUT2D eigenvalue weighted by molar-refractivity contribution is 0.251. The first-order chi connectivity index (χ1) is 9.10. The molecular formula is C17H27NS. The van der Waals surface area contributed by atoms with Crippen LogP contribution in [0.15, 0.2) is 29.2 Å². The fraction of sp³-hybridized carbons (Fsp3) is 0.647. The third-order valence-electron chi connectivity index (χ3n) is 4.15. The molecule has 0 aliphatic heterocycles. The van der Waals surface area contributed by atoms with Crippen molar-refractivity contribution < 1.29 is 0 Å². The molecule has 1 aliphatic rings. The van der Waals surface area contributed by atoms with Crippen LogP contribution in [-0.4, -0.2) is 17.8 Å². The first-order valence-corrected chi connectivity index (χ1v) is 8.44. The van der Waals surface area contributed by atoms with Crippen molar-refractivity contribution in [3.8, 4) is 0 Å². The smallest absolute Gasteiger partial charge is 0.0274 e. The molecule has 0 bridgehead atoms. The Bertz CT molecular complexity index is 387. The highest BCUT2D eigenvalue weighted by atomic mass is 32.2. The van der Waals surface area contributed by atoms with E-state index >= 15 is 0 Å². The zero-order chi connectivity index (χ0) is 13.8. The van der Waals surface area contributed by atoms with Gasteiger partial charge in [0, 0.05) is 16.2 Å². The van der Waals surface area contributed by atoms with Gasteiger partial charge in [0.15, 0.2) is 0 Å². The molecule has 1 aromatic rings. The fourth-order valence-corrected chi connectivity index (χ4v) is 4.59. The van der Waals surface area contributed by atoms with Crippen LogP contribution in [0.25, 0.3) is 0 Å². The summed E-state index contributed by atoms with van der Waals surface area (Å²) in [6, 6.07) is 9.65. The number of aryl methyl sites for hydroxylation is 1. The van der Waals surface area contributed by atoms with E-state index in [9.17, 15) is 0 Å². The van der Waals surface area contributed by atoms with E-state index in [4.69, 9.17) is 0 Å². The molecule has 1 nitrogen and oxygen atoms in total. The molecule has 19 heavy (non-hydrogen) atoms. The lowest BCUT2D eigenvalue weighted by Gasteiger charge is -2.39. The Hall–Kier alpha value is -0.470. The normalized spacial score (nSPS) is 31.4. The van der Waals surface area contributed by atoms with Gasteiger partial charge in [-0.25, -0.2) is 0 Å². The molecule has 0 saturated heterocycles. The summed E-state index contributed by atoms with van der Waals surface area (Å²) < 4.78 is 0. The highest BCUT2D eigenvalue weighted by molar-refractivity contribution is 8.00. The molecule has 1 fully saturated rings. The third kappa shape index (κ3) is 4.00. The molecule has 1 aliphatic carbocycles. The average Bonchev–Trinajstić information content (AvgIpc) is 2.36. The van der Waals surface area contributed by atoms with E-state index in [1.54, 1.807) is 0 Å². The van der Waals surface area contributed by atoms with Crippen molar-refractivity contribution >= 4 is 11.8 Å². The predicted molar refractivity (Wildman–Crippen MR) is 85.9 cm³/mol. The van der Waals surface area contributed by atoms with Crippen LogP contribution >= 0.6 is 11.8 Å². The van der Waals surface area contributed by atoms with Crippen LogP contribution in [0.2, 0.25) is 0 Å². The predicted octanol–water partition coefficient (Wildman–Crippen LogP) is 4.50. The van der Waals surface area contributed by atoms with Gasteiger partial charge in [0.1, 0.15) is 0 Å². The van der Waals surface area contributed by atoms with Gasteiger partial charge in [-0.05, 0) is 50.3 Å². The molecule has 4 atom stereocenters. The highest BCUT2D eigenvalue weighted by Gasteiger charge is 2.34.